The average molecular weight is 325 g/mol. The molecule has 1 aliphatic rings. The van der Waals surface area contributed by atoms with Gasteiger partial charge in [0.1, 0.15) is 5.82 Å². The molecule has 2 N–H and O–H groups in total. The summed E-state index contributed by atoms with van der Waals surface area (Å²) >= 11 is 0. The van der Waals surface area contributed by atoms with E-state index in [-0.39, 0.29) is 0 Å². The number of rotatable bonds is 6. The Morgan fingerprint density at radius 2 is 2.17 bits per heavy atom. The van der Waals surface area contributed by atoms with E-state index in [4.69, 9.17) is 0 Å². The summed E-state index contributed by atoms with van der Waals surface area (Å²) in [6, 6.07) is 10.9. The summed E-state index contributed by atoms with van der Waals surface area (Å²) in [5.74, 6) is 2.70. The maximum atomic E-state index is 4.51. The van der Waals surface area contributed by atoms with Gasteiger partial charge in [-0.05, 0) is 24.3 Å². The number of benzene rings is 1. The smallest absolute Gasteiger partial charge is 0.194 e. The third-order valence-corrected chi connectivity index (χ3v) is 4.57. The standard InChI is InChI=1S/C19H27N5/c1-4-8-15-11-16(15)23-19(20-2)24(3)13-18-21-12-17(22-18)14-9-6-5-7-10-14/h5-7,9-10,12,15-16H,4,8,11,13H2,1-3H3,(H,20,23)(H,21,22). The maximum Gasteiger partial charge on any atom is 0.194 e. The Labute approximate surface area is 144 Å². The van der Waals surface area contributed by atoms with Crippen molar-refractivity contribution in [3.05, 3.63) is 42.4 Å². The lowest BCUT2D eigenvalue weighted by Gasteiger charge is -2.21. The molecule has 2 unspecified atom stereocenters. The van der Waals surface area contributed by atoms with Crippen LogP contribution in [0.4, 0.5) is 0 Å². The molecule has 0 spiro atoms. The van der Waals surface area contributed by atoms with Crippen LogP contribution < -0.4 is 5.32 Å². The summed E-state index contributed by atoms with van der Waals surface area (Å²) in [7, 11) is 3.89. The van der Waals surface area contributed by atoms with Crippen molar-refractivity contribution in [3.63, 3.8) is 0 Å². The first kappa shape index (κ1) is 16.6. The van der Waals surface area contributed by atoms with E-state index >= 15 is 0 Å². The van der Waals surface area contributed by atoms with E-state index in [1.807, 2.05) is 31.4 Å². The molecule has 1 saturated carbocycles. The molecular formula is C19H27N5. The van der Waals surface area contributed by atoms with E-state index in [0.717, 1.165) is 29.0 Å². The molecule has 0 saturated heterocycles. The molecule has 3 rings (SSSR count). The second kappa shape index (κ2) is 7.51. The average Bonchev–Trinajstić information content (AvgIpc) is 3.16. The third-order valence-electron chi connectivity index (χ3n) is 4.57. The van der Waals surface area contributed by atoms with E-state index in [1.54, 1.807) is 0 Å². The van der Waals surface area contributed by atoms with Gasteiger partial charge in [0.2, 0.25) is 0 Å². The highest BCUT2D eigenvalue weighted by Gasteiger charge is 2.37. The van der Waals surface area contributed by atoms with E-state index in [0.29, 0.717) is 12.6 Å². The molecule has 2 aromatic rings. The van der Waals surface area contributed by atoms with E-state index in [2.05, 4.69) is 51.3 Å². The molecule has 128 valence electrons. The summed E-state index contributed by atoms with van der Waals surface area (Å²) in [4.78, 5) is 14.4. The van der Waals surface area contributed by atoms with Gasteiger partial charge in [-0.1, -0.05) is 43.7 Å². The van der Waals surface area contributed by atoms with Gasteiger partial charge >= 0.3 is 0 Å². The van der Waals surface area contributed by atoms with E-state index < -0.39 is 0 Å². The fraction of sp³-hybridized carbons (Fsp3) is 0.474. The highest BCUT2D eigenvalue weighted by atomic mass is 15.3. The first-order chi connectivity index (χ1) is 11.7. The van der Waals surface area contributed by atoms with Crippen molar-refractivity contribution in [1.29, 1.82) is 0 Å². The zero-order valence-electron chi connectivity index (χ0n) is 14.8. The Morgan fingerprint density at radius 1 is 1.38 bits per heavy atom. The second-order valence-electron chi connectivity index (χ2n) is 6.55. The fourth-order valence-electron chi connectivity index (χ4n) is 3.13. The quantitative estimate of drug-likeness (QED) is 0.633. The maximum absolute atomic E-state index is 4.51. The number of nitrogens with zero attached hydrogens (tertiary/aromatic N) is 3. The normalized spacial score (nSPS) is 20.0. The minimum absolute atomic E-state index is 0.586. The third kappa shape index (κ3) is 3.96. The number of guanidine groups is 1. The van der Waals surface area contributed by atoms with Gasteiger partial charge in [-0.15, -0.1) is 0 Å². The monoisotopic (exact) mass is 325 g/mol. The van der Waals surface area contributed by atoms with Gasteiger partial charge < -0.3 is 15.2 Å². The molecule has 1 aromatic carbocycles. The summed E-state index contributed by atoms with van der Waals surface area (Å²) < 4.78 is 0. The fourth-order valence-corrected chi connectivity index (χ4v) is 3.13. The van der Waals surface area contributed by atoms with Gasteiger partial charge in [0.15, 0.2) is 5.96 Å². The molecule has 5 heteroatoms. The van der Waals surface area contributed by atoms with E-state index in [1.165, 1.54) is 19.3 Å². The number of imidazole rings is 1. The lowest BCUT2D eigenvalue weighted by atomic mass is 10.2. The highest BCUT2D eigenvalue weighted by Crippen LogP contribution is 2.34. The van der Waals surface area contributed by atoms with Crippen molar-refractivity contribution >= 4 is 5.96 Å². The molecule has 1 aromatic heterocycles. The topological polar surface area (TPSA) is 56.3 Å². The SMILES string of the molecule is CCCC1CC1NC(=NC)N(C)Cc1ncc(-c2ccccc2)[nH]1. The Kier molecular flexibility index (Phi) is 5.18. The van der Waals surface area contributed by atoms with Gasteiger partial charge in [-0.3, -0.25) is 4.99 Å². The molecule has 2 atom stereocenters. The number of H-pyrrole nitrogens is 1. The van der Waals surface area contributed by atoms with Crippen molar-refractivity contribution in [2.24, 2.45) is 10.9 Å². The zero-order valence-corrected chi connectivity index (χ0v) is 14.8. The summed E-state index contributed by atoms with van der Waals surface area (Å²) in [6.45, 7) is 2.95. The lowest BCUT2D eigenvalue weighted by molar-refractivity contribution is 0.460. The van der Waals surface area contributed by atoms with Gasteiger partial charge in [0.25, 0.3) is 0 Å². The Balaban J connectivity index is 1.58. The van der Waals surface area contributed by atoms with Gasteiger partial charge in [-0.2, -0.15) is 0 Å². The zero-order chi connectivity index (χ0) is 16.9. The van der Waals surface area contributed by atoms with Gasteiger partial charge in [0.05, 0.1) is 18.4 Å². The minimum atomic E-state index is 0.586. The number of aromatic nitrogens is 2. The van der Waals surface area contributed by atoms with Crippen LogP contribution in [0, 0.1) is 5.92 Å². The lowest BCUT2D eigenvalue weighted by Crippen LogP contribution is -2.40. The van der Waals surface area contributed by atoms with Crippen LogP contribution in [-0.4, -0.2) is 41.0 Å². The van der Waals surface area contributed by atoms with Crippen LogP contribution in [0.25, 0.3) is 11.3 Å². The summed E-state index contributed by atoms with van der Waals surface area (Å²) in [6.07, 6.45) is 5.72. The predicted octanol–water partition coefficient (Wildman–Crippen LogP) is 3.27. The van der Waals surface area contributed by atoms with Gasteiger partial charge in [-0.25, -0.2) is 4.98 Å². The molecule has 5 nitrogen and oxygen atoms in total. The molecule has 24 heavy (non-hydrogen) atoms. The number of aliphatic imine (C=N–C) groups is 1. The number of hydrogen-bond acceptors (Lipinski definition) is 2. The minimum Gasteiger partial charge on any atom is -0.353 e. The van der Waals surface area contributed by atoms with Gasteiger partial charge in [0, 0.05) is 20.1 Å². The van der Waals surface area contributed by atoms with Crippen LogP contribution in [-0.2, 0) is 6.54 Å². The summed E-state index contributed by atoms with van der Waals surface area (Å²) in [5.41, 5.74) is 2.20. The van der Waals surface area contributed by atoms with Crippen LogP contribution >= 0.6 is 0 Å². The van der Waals surface area contributed by atoms with Crippen molar-refractivity contribution in [2.75, 3.05) is 14.1 Å². The van der Waals surface area contributed by atoms with Crippen molar-refractivity contribution in [1.82, 2.24) is 20.2 Å². The Bertz CT molecular complexity index is 676. The van der Waals surface area contributed by atoms with Crippen LogP contribution in [0.2, 0.25) is 0 Å². The number of hydrogen-bond donors (Lipinski definition) is 2. The van der Waals surface area contributed by atoms with Crippen LogP contribution in [0.5, 0.6) is 0 Å². The number of nitrogens with one attached hydrogen (secondary N) is 2. The molecule has 1 aliphatic carbocycles. The Morgan fingerprint density at radius 3 is 2.88 bits per heavy atom. The molecular weight excluding hydrogens is 298 g/mol. The van der Waals surface area contributed by atoms with Crippen LogP contribution in [0.3, 0.4) is 0 Å². The Hall–Kier alpha value is -2.30. The second-order valence-corrected chi connectivity index (χ2v) is 6.55. The molecule has 0 aliphatic heterocycles. The van der Waals surface area contributed by atoms with Crippen molar-refractivity contribution in [3.8, 4) is 11.3 Å². The molecule has 0 bridgehead atoms. The van der Waals surface area contributed by atoms with E-state index in [9.17, 15) is 0 Å². The largest absolute Gasteiger partial charge is 0.353 e. The first-order valence-electron chi connectivity index (χ1n) is 8.75. The predicted molar refractivity (Wildman–Crippen MR) is 98.8 cm³/mol. The molecule has 0 radical (unpaired) electrons. The van der Waals surface area contributed by atoms with Crippen molar-refractivity contribution in [2.45, 2.75) is 38.8 Å². The summed E-state index contributed by atoms with van der Waals surface area (Å²) in [5, 5.41) is 3.57. The number of aromatic amines is 1. The van der Waals surface area contributed by atoms with Crippen LogP contribution in [0.1, 0.15) is 32.0 Å². The molecule has 0 amide bonds. The van der Waals surface area contributed by atoms with Crippen LogP contribution in [0.15, 0.2) is 41.5 Å². The first-order valence-corrected chi connectivity index (χ1v) is 8.75. The van der Waals surface area contributed by atoms with Crippen molar-refractivity contribution < 1.29 is 0 Å². The molecule has 1 fully saturated rings. The molecule has 1 heterocycles. The highest BCUT2D eigenvalue weighted by molar-refractivity contribution is 5.80.